The SMILES string of the molecule is COCc1cc(CNc2cc3c(=O)[nH]cnc3cn2)no1. The summed E-state index contributed by atoms with van der Waals surface area (Å²) >= 11 is 0. The summed E-state index contributed by atoms with van der Waals surface area (Å²) < 4.78 is 10.0. The van der Waals surface area contributed by atoms with Crippen molar-refractivity contribution in [1.82, 2.24) is 20.1 Å². The molecule has 3 aromatic heterocycles. The highest BCUT2D eigenvalue weighted by atomic mass is 16.5. The second-order valence-corrected chi connectivity index (χ2v) is 4.39. The number of anilines is 1. The van der Waals surface area contributed by atoms with Gasteiger partial charge in [0, 0.05) is 13.2 Å². The van der Waals surface area contributed by atoms with Crippen LogP contribution in [0.2, 0.25) is 0 Å². The van der Waals surface area contributed by atoms with Gasteiger partial charge in [0.2, 0.25) is 0 Å². The van der Waals surface area contributed by atoms with Crippen molar-refractivity contribution in [2.24, 2.45) is 0 Å². The van der Waals surface area contributed by atoms with Crippen LogP contribution < -0.4 is 10.9 Å². The molecule has 0 spiro atoms. The van der Waals surface area contributed by atoms with Crippen molar-refractivity contribution in [2.75, 3.05) is 12.4 Å². The van der Waals surface area contributed by atoms with Gasteiger partial charge in [0.15, 0.2) is 5.76 Å². The van der Waals surface area contributed by atoms with E-state index in [1.54, 1.807) is 25.4 Å². The van der Waals surface area contributed by atoms with Crippen molar-refractivity contribution < 1.29 is 9.26 Å². The molecule has 0 unspecified atom stereocenters. The Morgan fingerprint density at radius 3 is 3.14 bits per heavy atom. The quantitative estimate of drug-likeness (QED) is 0.722. The molecule has 0 atom stereocenters. The van der Waals surface area contributed by atoms with Crippen LogP contribution in [-0.2, 0) is 17.9 Å². The normalized spacial score (nSPS) is 10.9. The van der Waals surface area contributed by atoms with Crippen LogP contribution in [0.15, 0.2) is 34.0 Å². The first-order valence-corrected chi connectivity index (χ1v) is 6.27. The molecule has 0 aromatic carbocycles. The van der Waals surface area contributed by atoms with Crippen LogP contribution in [0.3, 0.4) is 0 Å². The van der Waals surface area contributed by atoms with Crippen LogP contribution >= 0.6 is 0 Å². The lowest BCUT2D eigenvalue weighted by Gasteiger charge is -2.03. The Hall–Kier alpha value is -2.74. The molecule has 3 rings (SSSR count). The van der Waals surface area contributed by atoms with Gasteiger partial charge in [-0.1, -0.05) is 5.16 Å². The van der Waals surface area contributed by atoms with Gasteiger partial charge in [0.1, 0.15) is 18.1 Å². The van der Waals surface area contributed by atoms with E-state index in [9.17, 15) is 4.79 Å². The molecular formula is C13H13N5O3. The predicted octanol–water partition coefficient (Wildman–Crippen LogP) is 1.06. The Balaban J connectivity index is 1.75. The maximum Gasteiger partial charge on any atom is 0.258 e. The third kappa shape index (κ3) is 2.90. The molecule has 0 saturated heterocycles. The first kappa shape index (κ1) is 13.3. The molecule has 0 aliphatic heterocycles. The maximum absolute atomic E-state index is 11.7. The molecule has 0 radical (unpaired) electrons. The summed E-state index contributed by atoms with van der Waals surface area (Å²) in [7, 11) is 1.59. The summed E-state index contributed by atoms with van der Waals surface area (Å²) in [4.78, 5) is 22.5. The topological polar surface area (TPSA) is 106 Å². The summed E-state index contributed by atoms with van der Waals surface area (Å²) in [6.45, 7) is 0.812. The molecule has 3 aromatic rings. The minimum absolute atomic E-state index is 0.200. The Kier molecular flexibility index (Phi) is 3.61. The van der Waals surface area contributed by atoms with E-state index in [4.69, 9.17) is 9.26 Å². The van der Waals surface area contributed by atoms with E-state index in [-0.39, 0.29) is 5.56 Å². The lowest BCUT2D eigenvalue weighted by Crippen LogP contribution is -2.08. The molecule has 0 aliphatic rings. The third-order valence-electron chi connectivity index (χ3n) is 2.87. The van der Waals surface area contributed by atoms with Crippen LogP contribution in [0.5, 0.6) is 0 Å². The second-order valence-electron chi connectivity index (χ2n) is 4.39. The molecule has 0 fully saturated rings. The molecular weight excluding hydrogens is 274 g/mol. The van der Waals surface area contributed by atoms with E-state index in [0.717, 1.165) is 5.69 Å². The first-order chi connectivity index (χ1) is 10.3. The van der Waals surface area contributed by atoms with E-state index in [0.29, 0.717) is 35.6 Å². The fourth-order valence-electron chi connectivity index (χ4n) is 1.90. The Labute approximate surface area is 119 Å². The zero-order valence-corrected chi connectivity index (χ0v) is 11.3. The molecule has 0 saturated carbocycles. The van der Waals surface area contributed by atoms with Crippen LogP contribution in [0.25, 0.3) is 10.9 Å². The third-order valence-corrected chi connectivity index (χ3v) is 2.87. The monoisotopic (exact) mass is 287 g/mol. The van der Waals surface area contributed by atoms with Crippen molar-refractivity contribution in [3.63, 3.8) is 0 Å². The van der Waals surface area contributed by atoms with E-state index in [2.05, 4.69) is 25.4 Å². The van der Waals surface area contributed by atoms with E-state index in [1.807, 2.05) is 0 Å². The molecule has 8 nitrogen and oxygen atoms in total. The Morgan fingerprint density at radius 1 is 1.38 bits per heavy atom. The highest BCUT2D eigenvalue weighted by Gasteiger charge is 2.06. The zero-order chi connectivity index (χ0) is 14.7. The number of hydrogen-bond donors (Lipinski definition) is 2. The molecule has 108 valence electrons. The van der Waals surface area contributed by atoms with Gasteiger partial charge in [-0.25, -0.2) is 9.97 Å². The molecule has 8 heteroatoms. The van der Waals surface area contributed by atoms with Crippen LogP contribution in [0.4, 0.5) is 5.82 Å². The highest BCUT2D eigenvalue weighted by Crippen LogP contribution is 2.12. The van der Waals surface area contributed by atoms with Gasteiger partial charge in [-0.05, 0) is 6.07 Å². The summed E-state index contributed by atoms with van der Waals surface area (Å²) in [6.07, 6.45) is 2.90. The molecule has 0 amide bonds. The number of fused-ring (bicyclic) bond motifs is 1. The Morgan fingerprint density at radius 2 is 2.29 bits per heavy atom. The number of aromatic amines is 1. The number of H-pyrrole nitrogens is 1. The smallest absolute Gasteiger partial charge is 0.258 e. The van der Waals surface area contributed by atoms with Gasteiger partial charge < -0.3 is 19.6 Å². The lowest BCUT2D eigenvalue weighted by atomic mass is 10.3. The van der Waals surface area contributed by atoms with E-state index < -0.39 is 0 Å². The van der Waals surface area contributed by atoms with Crippen molar-refractivity contribution in [3.8, 4) is 0 Å². The summed E-state index contributed by atoms with van der Waals surface area (Å²) in [5, 5.41) is 7.47. The molecule has 0 aliphatic carbocycles. The fraction of sp³-hybridized carbons (Fsp3) is 0.231. The van der Waals surface area contributed by atoms with Gasteiger partial charge in [-0.2, -0.15) is 0 Å². The molecule has 21 heavy (non-hydrogen) atoms. The number of aromatic nitrogens is 4. The number of nitrogens with zero attached hydrogens (tertiary/aromatic N) is 3. The van der Waals surface area contributed by atoms with Crippen molar-refractivity contribution in [3.05, 3.63) is 46.5 Å². The number of pyridine rings is 1. The fourth-order valence-corrected chi connectivity index (χ4v) is 1.90. The summed E-state index contributed by atoms with van der Waals surface area (Å²) in [5.74, 6) is 1.22. The summed E-state index contributed by atoms with van der Waals surface area (Å²) in [6, 6.07) is 3.45. The number of methoxy groups -OCH3 is 1. The standard InChI is InChI=1S/C13H13N5O3/c1-20-6-9-2-8(18-21-9)4-14-12-3-10-11(5-15-12)16-7-17-13(10)19/h2-3,5,7H,4,6H2,1H3,(H,14,15)(H,16,17,19). The summed E-state index contributed by atoms with van der Waals surface area (Å²) in [5.41, 5.74) is 1.08. The number of ether oxygens (including phenoxy) is 1. The molecule has 3 heterocycles. The van der Waals surface area contributed by atoms with Crippen molar-refractivity contribution in [2.45, 2.75) is 13.2 Å². The van der Waals surface area contributed by atoms with E-state index in [1.165, 1.54) is 6.33 Å². The predicted molar refractivity (Wildman–Crippen MR) is 74.7 cm³/mol. The minimum atomic E-state index is -0.200. The maximum atomic E-state index is 11.7. The van der Waals surface area contributed by atoms with Gasteiger partial charge >= 0.3 is 0 Å². The van der Waals surface area contributed by atoms with Gasteiger partial charge in [-0.15, -0.1) is 0 Å². The lowest BCUT2D eigenvalue weighted by molar-refractivity contribution is 0.156. The van der Waals surface area contributed by atoms with Crippen LogP contribution in [0.1, 0.15) is 11.5 Å². The number of rotatable bonds is 5. The van der Waals surface area contributed by atoms with E-state index >= 15 is 0 Å². The molecule has 2 N–H and O–H groups in total. The zero-order valence-electron chi connectivity index (χ0n) is 11.3. The number of hydrogen-bond acceptors (Lipinski definition) is 7. The average molecular weight is 287 g/mol. The minimum Gasteiger partial charge on any atom is -0.377 e. The van der Waals surface area contributed by atoms with Crippen LogP contribution in [-0.4, -0.2) is 27.2 Å². The van der Waals surface area contributed by atoms with Gasteiger partial charge in [0.05, 0.1) is 30.0 Å². The largest absolute Gasteiger partial charge is 0.377 e. The Bertz CT molecular complexity index is 811. The van der Waals surface area contributed by atoms with Crippen molar-refractivity contribution in [1.29, 1.82) is 0 Å². The van der Waals surface area contributed by atoms with Gasteiger partial charge in [-0.3, -0.25) is 4.79 Å². The molecule has 0 bridgehead atoms. The first-order valence-electron chi connectivity index (χ1n) is 6.27. The average Bonchev–Trinajstić information content (AvgIpc) is 2.94. The van der Waals surface area contributed by atoms with Crippen LogP contribution in [0, 0.1) is 0 Å². The second kappa shape index (κ2) is 5.71. The number of nitrogens with one attached hydrogen (secondary N) is 2. The van der Waals surface area contributed by atoms with Gasteiger partial charge in [0.25, 0.3) is 5.56 Å². The van der Waals surface area contributed by atoms with Crippen molar-refractivity contribution >= 4 is 16.7 Å². The highest BCUT2D eigenvalue weighted by molar-refractivity contribution is 5.78.